The van der Waals surface area contributed by atoms with Gasteiger partial charge in [-0.2, -0.15) is 0 Å². The van der Waals surface area contributed by atoms with Gasteiger partial charge < -0.3 is 15.2 Å². The van der Waals surface area contributed by atoms with E-state index in [1.54, 1.807) is 6.92 Å². The summed E-state index contributed by atoms with van der Waals surface area (Å²) in [5.41, 5.74) is -0.686. The quantitative estimate of drug-likeness (QED) is 0.772. The van der Waals surface area contributed by atoms with Crippen LogP contribution in [0.2, 0.25) is 0 Å². The van der Waals surface area contributed by atoms with Gasteiger partial charge in [-0.3, -0.25) is 9.59 Å². The Bertz CT molecular complexity index is 323. The molecule has 1 aliphatic heterocycles. The Morgan fingerprint density at radius 1 is 1.37 bits per heavy atom. The van der Waals surface area contributed by atoms with Gasteiger partial charge in [0.2, 0.25) is 5.91 Å². The molecule has 0 aromatic carbocycles. The van der Waals surface area contributed by atoms with Crippen molar-refractivity contribution < 1.29 is 19.4 Å². The van der Waals surface area contributed by atoms with Crippen molar-refractivity contribution in [1.82, 2.24) is 5.32 Å². The number of hydrogen-bond acceptors (Lipinski definition) is 3. The van der Waals surface area contributed by atoms with Gasteiger partial charge in [-0.1, -0.05) is 13.8 Å². The molecule has 1 fully saturated rings. The maximum atomic E-state index is 12.1. The van der Waals surface area contributed by atoms with Gasteiger partial charge in [-0.25, -0.2) is 0 Å². The van der Waals surface area contributed by atoms with E-state index in [9.17, 15) is 9.59 Å². The van der Waals surface area contributed by atoms with Crippen molar-refractivity contribution >= 4 is 11.9 Å². The summed E-state index contributed by atoms with van der Waals surface area (Å²) in [6.45, 7) is 7.09. The second kappa shape index (κ2) is 6.89. The Balaban J connectivity index is 2.53. The number of carbonyl (C=O) groups is 2. The Morgan fingerprint density at radius 3 is 2.42 bits per heavy atom. The van der Waals surface area contributed by atoms with Crippen LogP contribution in [0, 0.1) is 11.8 Å². The minimum absolute atomic E-state index is 0.0514. The number of carbonyl (C=O) groups excluding carboxylic acids is 1. The lowest BCUT2D eigenvalue weighted by molar-refractivity contribution is -0.139. The number of aliphatic carboxylic acids is 1. The van der Waals surface area contributed by atoms with Crippen molar-refractivity contribution in [3.8, 4) is 0 Å². The Kier molecular flexibility index (Phi) is 5.79. The van der Waals surface area contributed by atoms with Crippen LogP contribution in [0.3, 0.4) is 0 Å². The molecule has 0 aromatic heterocycles. The minimum atomic E-state index is -0.887. The highest BCUT2D eigenvalue weighted by Gasteiger charge is 2.33. The van der Waals surface area contributed by atoms with Crippen molar-refractivity contribution in [2.75, 3.05) is 13.2 Å². The first-order valence-corrected chi connectivity index (χ1v) is 6.94. The molecule has 110 valence electrons. The van der Waals surface area contributed by atoms with Crippen LogP contribution in [0.25, 0.3) is 0 Å². The van der Waals surface area contributed by atoms with E-state index in [0.29, 0.717) is 25.6 Å². The highest BCUT2D eigenvalue weighted by molar-refractivity contribution is 5.78. The average Bonchev–Trinajstić information content (AvgIpc) is 2.28. The third-order valence-corrected chi connectivity index (χ3v) is 4.03. The Labute approximate surface area is 114 Å². The second-order valence-electron chi connectivity index (χ2n) is 5.95. The van der Waals surface area contributed by atoms with Crippen LogP contribution in [-0.4, -0.2) is 35.7 Å². The molecule has 1 unspecified atom stereocenters. The zero-order valence-electron chi connectivity index (χ0n) is 12.1. The molecule has 1 amide bonds. The van der Waals surface area contributed by atoms with E-state index in [2.05, 4.69) is 5.32 Å². The van der Waals surface area contributed by atoms with Crippen LogP contribution in [0.4, 0.5) is 0 Å². The summed E-state index contributed by atoms with van der Waals surface area (Å²) >= 11 is 0. The molecule has 1 heterocycles. The summed E-state index contributed by atoms with van der Waals surface area (Å²) in [5.74, 6) is -0.510. The van der Waals surface area contributed by atoms with Gasteiger partial charge in [0.25, 0.3) is 0 Å². The lowest BCUT2D eigenvalue weighted by Gasteiger charge is -2.34. The van der Waals surface area contributed by atoms with Gasteiger partial charge in [0.15, 0.2) is 0 Å². The van der Waals surface area contributed by atoms with Crippen LogP contribution in [0.5, 0.6) is 0 Å². The standard InChI is InChI=1S/C14H25NO4/c1-10(2)14(3,9-13(17)18)15-12(16)8-11-4-6-19-7-5-11/h10-11H,4-9H2,1-3H3,(H,15,16)(H,17,18). The van der Waals surface area contributed by atoms with E-state index >= 15 is 0 Å². The fourth-order valence-corrected chi connectivity index (χ4v) is 2.29. The molecule has 5 nitrogen and oxygen atoms in total. The van der Waals surface area contributed by atoms with E-state index in [0.717, 1.165) is 12.8 Å². The third-order valence-electron chi connectivity index (χ3n) is 4.03. The number of rotatable bonds is 6. The highest BCUT2D eigenvalue weighted by atomic mass is 16.5. The molecule has 1 rings (SSSR count). The first-order chi connectivity index (χ1) is 8.83. The zero-order valence-corrected chi connectivity index (χ0v) is 12.1. The molecule has 0 aromatic rings. The van der Waals surface area contributed by atoms with Crippen LogP contribution in [0.1, 0.15) is 46.5 Å². The third kappa shape index (κ3) is 5.19. The van der Waals surface area contributed by atoms with Gasteiger partial charge in [0.05, 0.1) is 6.42 Å². The summed E-state index contributed by atoms with van der Waals surface area (Å²) in [4.78, 5) is 23.0. The molecular weight excluding hydrogens is 246 g/mol. The predicted molar refractivity (Wildman–Crippen MR) is 71.8 cm³/mol. The highest BCUT2D eigenvalue weighted by Crippen LogP contribution is 2.23. The van der Waals surface area contributed by atoms with E-state index in [-0.39, 0.29) is 18.2 Å². The first kappa shape index (κ1) is 16.0. The summed E-state index contributed by atoms with van der Waals surface area (Å²) in [6.07, 6.45) is 2.23. The fourth-order valence-electron chi connectivity index (χ4n) is 2.29. The number of amides is 1. The molecule has 1 aliphatic rings. The van der Waals surface area contributed by atoms with Crippen molar-refractivity contribution in [3.63, 3.8) is 0 Å². The van der Waals surface area contributed by atoms with Gasteiger partial charge in [-0.15, -0.1) is 0 Å². The van der Waals surface area contributed by atoms with E-state index in [1.807, 2.05) is 13.8 Å². The van der Waals surface area contributed by atoms with Crippen molar-refractivity contribution in [3.05, 3.63) is 0 Å². The lowest BCUT2D eigenvalue weighted by Crippen LogP contribution is -2.51. The fraction of sp³-hybridized carbons (Fsp3) is 0.857. The van der Waals surface area contributed by atoms with Gasteiger partial charge in [0.1, 0.15) is 0 Å². The number of carboxylic acids is 1. The normalized spacial score (nSPS) is 20.0. The SMILES string of the molecule is CC(C)C(C)(CC(=O)O)NC(=O)CC1CCOCC1. The lowest BCUT2D eigenvalue weighted by atomic mass is 9.84. The zero-order chi connectivity index (χ0) is 14.5. The van der Waals surface area contributed by atoms with Crippen LogP contribution in [-0.2, 0) is 14.3 Å². The molecule has 1 saturated heterocycles. The Morgan fingerprint density at radius 2 is 1.95 bits per heavy atom. The molecule has 0 radical (unpaired) electrons. The molecule has 0 spiro atoms. The minimum Gasteiger partial charge on any atom is -0.481 e. The predicted octanol–water partition coefficient (Wildman–Crippen LogP) is 1.81. The number of hydrogen-bond donors (Lipinski definition) is 2. The monoisotopic (exact) mass is 271 g/mol. The summed E-state index contributed by atoms with van der Waals surface area (Å²) in [6, 6.07) is 0. The van der Waals surface area contributed by atoms with E-state index in [1.165, 1.54) is 0 Å². The van der Waals surface area contributed by atoms with Gasteiger partial charge in [0, 0.05) is 25.2 Å². The van der Waals surface area contributed by atoms with E-state index in [4.69, 9.17) is 9.84 Å². The van der Waals surface area contributed by atoms with Gasteiger partial charge >= 0.3 is 5.97 Å². The van der Waals surface area contributed by atoms with Crippen molar-refractivity contribution in [1.29, 1.82) is 0 Å². The molecule has 5 heteroatoms. The topological polar surface area (TPSA) is 75.6 Å². The number of ether oxygens (including phenoxy) is 1. The maximum absolute atomic E-state index is 12.1. The van der Waals surface area contributed by atoms with E-state index < -0.39 is 11.5 Å². The molecular formula is C14H25NO4. The van der Waals surface area contributed by atoms with Crippen LogP contribution in [0.15, 0.2) is 0 Å². The summed E-state index contributed by atoms with van der Waals surface area (Å²) in [5, 5.41) is 11.9. The van der Waals surface area contributed by atoms with Crippen LogP contribution < -0.4 is 5.32 Å². The molecule has 0 bridgehead atoms. The Hall–Kier alpha value is -1.10. The molecule has 19 heavy (non-hydrogen) atoms. The molecule has 2 N–H and O–H groups in total. The molecule has 0 saturated carbocycles. The maximum Gasteiger partial charge on any atom is 0.305 e. The second-order valence-corrected chi connectivity index (χ2v) is 5.95. The number of nitrogens with one attached hydrogen (secondary N) is 1. The first-order valence-electron chi connectivity index (χ1n) is 6.94. The van der Waals surface area contributed by atoms with Crippen molar-refractivity contribution in [2.24, 2.45) is 11.8 Å². The summed E-state index contributed by atoms with van der Waals surface area (Å²) < 4.78 is 5.26. The van der Waals surface area contributed by atoms with Gasteiger partial charge in [-0.05, 0) is 31.6 Å². The average molecular weight is 271 g/mol. The number of carboxylic acid groups (broad SMARTS) is 1. The molecule has 1 atom stereocenters. The largest absolute Gasteiger partial charge is 0.481 e. The molecule has 0 aliphatic carbocycles. The summed E-state index contributed by atoms with van der Waals surface area (Å²) in [7, 11) is 0. The van der Waals surface area contributed by atoms with Crippen LogP contribution >= 0.6 is 0 Å². The smallest absolute Gasteiger partial charge is 0.305 e. The van der Waals surface area contributed by atoms with Crippen molar-refractivity contribution in [2.45, 2.75) is 52.0 Å².